The third-order valence-corrected chi connectivity index (χ3v) is 17.6. The number of nitrogens with one attached hydrogen (secondary N) is 4. The molecule has 7 N–H and O–H groups in total. The Kier molecular flexibility index (Phi) is 19.5. The number of unbranched alkanes of at least 4 members (excludes halogenated alkanes) is 1. The number of cyclic esters (lactones) is 1. The summed E-state index contributed by atoms with van der Waals surface area (Å²) >= 11 is 1.66. The number of thioether (sulfide) groups is 1. The lowest BCUT2D eigenvalue weighted by molar-refractivity contribution is -0.172. The number of carbonyl (C=O) groups excluding carboxylic acids is 7. The summed E-state index contributed by atoms with van der Waals surface area (Å²) in [6.07, 6.45) is 6.71. The normalized spacial score (nSPS) is 19.1. The zero-order valence-electron chi connectivity index (χ0n) is 46.5. The molecule has 6 amide bonds. The van der Waals surface area contributed by atoms with Gasteiger partial charge in [0.15, 0.2) is 17.1 Å². The van der Waals surface area contributed by atoms with E-state index in [4.69, 9.17) is 39.1 Å². The molecule has 1 saturated heterocycles. The van der Waals surface area contributed by atoms with E-state index in [-0.39, 0.29) is 120 Å². The highest BCUT2D eigenvalue weighted by Crippen LogP contribution is 2.44. The molecule has 82 heavy (non-hydrogen) atoms. The topological polar surface area (TPSA) is 307 Å². The number of nitrogens with zero attached hydrogens (tertiary/aromatic N) is 3. The van der Waals surface area contributed by atoms with Gasteiger partial charge in [0.25, 0.3) is 5.56 Å². The van der Waals surface area contributed by atoms with E-state index in [0.29, 0.717) is 86.7 Å². The zero-order valence-corrected chi connectivity index (χ0v) is 47.3. The van der Waals surface area contributed by atoms with Crippen LogP contribution in [0.4, 0.5) is 10.5 Å². The van der Waals surface area contributed by atoms with Crippen molar-refractivity contribution in [1.29, 1.82) is 0 Å². The highest BCUT2D eigenvalue weighted by atomic mass is 32.2. The Morgan fingerprint density at radius 2 is 1.66 bits per heavy atom. The lowest BCUT2D eigenvalue weighted by Gasteiger charge is -2.31. The van der Waals surface area contributed by atoms with Crippen LogP contribution in [0.15, 0.2) is 47.3 Å². The van der Waals surface area contributed by atoms with E-state index >= 15 is 0 Å². The summed E-state index contributed by atoms with van der Waals surface area (Å²) in [5, 5.41) is 23.1. The first-order valence-corrected chi connectivity index (χ1v) is 29.2. The Hall–Kier alpha value is -7.12. The number of hydrogen-bond acceptors (Lipinski definition) is 18. The molecule has 4 aliphatic heterocycles. The summed E-state index contributed by atoms with van der Waals surface area (Å²) in [7, 11) is 0. The third-order valence-electron chi connectivity index (χ3n) is 15.8. The number of nitrogens with two attached hydrogens (primary N) is 1. The number of amides is 6. The van der Waals surface area contributed by atoms with Crippen LogP contribution in [-0.2, 0) is 79.6 Å². The first kappa shape index (κ1) is 59.5. The van der Waals surface area contributed by atoms with Crippen molar-refractivity contribution >= 4 is 70.0 Å². The molecule has 5 atom stereocenters. The predicted molar refractivity (Wildman–Crippen MR) is 300 cm³/mol. The molecule has 2 fully saturated rings. The highest BCUT2D eigenvalue weighted by molar-refractivity contribution is 8.01. The molecule has 24 heteroatoms. The van der Waals surface area contributed by atoms with Gasteiger partial charge in [0.2, 0.25) is 36.3 Å². The monoisotopic (exact) mass is 1150 g/mol. The number of carbonyl (C=O) groups is 7. The van der Waals surface area contributed by atoms with Crippen molar-refractivity contribution in [2.75, 3.05) is 51.6 Å². The van der Waals surface area contributed by atoms with E-state index in [0.717, 1.165) is 6.42 Å². The maximum Gasteiger partial charge on any atom is 0.407 e. The van der Waals surface area contributed by atoms with Crippen molar-refractivity contribution in [3.63, 3.8) is 0 Å². The van der Waals surface area contributed by atoms with Crippen LogP contribution in [0, 0.1) is 5.92 Å². The van der Waals surface area contributed by atoms with Gasteiger partial charge in [0.05, 0.1) is 67.2 Å². The third kappa shape index (κ3) is 13.4. The van der Waals surface area contributed by atoms with E-state index in [2.05, 4.69) is 28.2 Å². The summed E-state index contributed by atoms with van der Waals surface area (Å²) in [5.74, 6) is -1.05. The van der Waals surface area contributed by atoms with E-state index in [9.17, 15) is 43.5 Å². The van der Waals surface area contributed by atoms with Gasteiger partial charge in [-0.3, -0.25) is 33.7 Å². The Morgan fingerprint density at radius 3 is 2.39 bits per heavy atom. The Balaban J connectivity index is 0.712. The minimum Gasteiger partial charge on any atom is -0.458 e. The number of esters is 1. The first-order valence-electron chi connectivity index (χ1n) is 28.3. The van der Waals surface area contributed by atoms with Crippen LogP contribution in [0.2, 0.25) is 0 Å². The summed E-state index contributed by atoms with van der Waals surface area (Å²) in [4.78, 5) is 112. The summed E-state index contributed by atoms with van der Waals surface area (Å²) in [5.41, 5.74) is 7.28. The SMILES string of the molecule is CCC(SC1CC(=O)N(CCOCCOCCC(=O)N[C@@H](C)C(=O)NC(CCCCN)C(=O)Nc2ccc(COC(=O)NCc3c4c(nc5cc6c(cc35)OCO6)-c3cc5c(c(=O)n3C4)COC(=O)[C@]5(O)CC)cc2)C1=O)C1CCCC1. The quantitative estimate of drug-likeness (QED) is 0.0239. The van der Waals surface area contributed by atoms with Crippen LogP contribution in [0.3, 0.4) is 0 Å². The average molecular weight is 1150 g/mol. The number of imide groups is 1. The van der Waals surface area contributed by atoms with Crippen molar-refractivity contribution in [1.82, 2.24) is 30.4 Å². The van der Waals surface area contributed by atoms with E-state index in [1.54, 1.807) is 61.2 Å². The van der Waals surface area contributed by atoms with Gasteiger partial charge >= 0.3 is 12.1 Å². The molecule has 0 spiro atoms. The average Bonchev–Trinajstić information content (AvgIpc) is 4.28. The maximum absolute atomic E-state index is 13.9. The van der Waals surface area contributed by atoms with Gasteiger partial charge in [-0.15, -0.1) is 11.8 Å². The van der Waals surface area contributed by atoms with Crippen molar-refractivity contribution in [2.24, 2.45) is 11.7 Å². The van der Waals surface area contributed by atoms with Crippen molar-refractivity contribution in [3.05, 3.63) is 80.6 Å². The van der Waals surface area contributed by atoms with Crippen molar-refractivity contribution in [3.8, 4) is 22.9 Å². The number of benzene rings is 2. The molecule has 23 nitrogen and oxygen atoms in total. The molecule has 440 valence electrons. The number of hydrogen-bond donors (Lipinski definition) is 6. The summed E-state index contributed by atoms with van der Waals surface area (Å²) < 4.78 is 34.8. The number of rotatable bonds is 27. The zero-order chi connectivity index (χ0) is 58.1. The Morgan fingerprint density at radius 1 is 0.915 bits per heavy atom. The van der Waals surface area contributed by atoms with Crippen LogP contribution in [-0.4, -0.2) is 130 Å². The molecule has 1 aliphatic carbocycles. The van der Waals surface area contributed by atoms with Gasteiger partial charge in [-0.2, -0.15) is 0 Å². The van der Waals surface area contributed by atoms with Crippen LogP contribution < -0.4 is 42.0 Å². The number of aromatic nitrogens is 2. The van der Waals surface area contributed by atoms with Gasteiger partial charge in [-0.05, 0) is 99.7 Å². The molecule has 0 bridgehead atoms. The van der Waals surface area contributed by atoms with E-state index < -0.39 is 53.0 Å². The molecule has 0 radical (unpaired) electrons. The fourth-order valence-electron chi connectivity index (χ4n) is 11.2. The van der Waals surface area contributed by atoms with Gasteiger partial charge < -0.3 is 65.1 Å². The lowest BCUT2D eigenvalue weighted by Crippen LogP contribution is -2.51. The van der Waals surface area contributed by atoms with Crippen LogP contribution in [0.1, 0.15) is 119 Å². The number of anilines is 1. The second kappa shape index (κ2) is 26.9. The van der Waals surface area contributed by atoms with Crippen LogP contribution >= 0.6 is 11.8 Å². The number of fused-ring (bicyclic) bond motifs is 6. The minimum atomic E-state index is -2.01. The molecule has 2 aromatic heterocycles. The molecule has 1 saturated carbocycles. The number of alkyl carbamates (subject to hydrolysis) is 1. The van der Waals surface area contributed by atoms with Gasteiger partial charge in [-0.25, -0.2) is 14.6 Å². The standard InChI is InChI=1S/C58H72N8O15S/c1-4-47(35-10-6-7-11-35)82-48-27-50(68)65(55(48)72)19-21-77-23-22-76-20-17-49(67)61-33(3)52(69)64-42(12-8-9-18-59)53(70)62-36-15-13-34(14-16-36)30-79-57(74)60-28-38-37-24-45-46(81-32-80-45)26-43(37)63-51-39(38)29-66-44(51)25-41-40(54(66)71)31-78-56(73)58(41,75)5-2/h13-16,24-26,33,35,42,47-48,75H,4-12,17-23,27-32,59H2,1-3H3,(H,60,74)(H,61,67)(H,62,70)(H,64,69)/t33-,42?,47?,48?,58-/m0/s1. The number of aliphatic hydroxyl groups is 1. The number of ether oxygens (including phenoxy) is 6. The second-order valence-electron chi connectivity index (χ2n) is 21.2. The van der Waals surface area contributed by atoms with E-state index in [1.807, 2.05) is 0 Å². The van der Waals surface area contributed by atoms with Crippen molar-refractivity contribution < 1.29 is 67.1 Å². The molecular weight excluding hydrogens is 1080 g/mol. The molecule has 5 aliphatic rings. The maximum atomic E-state index is 13.9. The minimum absolute atomic E-state index is 0.0123. The molecule has 2 aromatic carbocycles. The molecule has 4 aromatic rings. The molecular formula is C58H72N8O15S. The highest BCUT2D eigenvalue weighted by Gasteiger charge is 2.46. The summed E-state index contributed by atoms with van der Waals surface area (Å²) in [6.45, 7) is 6.15. The second-order valence-corrected chi connectivity index (χ2v) is 22.6. The Labute approximate surface area is 478 Å². The van der Waals surface area contributed by atoms with Crippen molar-refractivity contribution in [2.45, 2.75) is 146 Å². The number of pyridine rings is 2. The number of likely N-dealkylation sites (tertiary alicyclic amines) is 1. The lowest BCUT2D eigenvalue weighted by atomic mass is 9.86. The van der Waals surface area contributed by atoms with Gasteiger partial charge in [0, 0.05) is 52.9 Å². The smallest absolute Gasteiger partial charge is 0.407 e. The van der Waals surface area contributed by atoms with Gasteiger partial charge in [-0.1, -0.05) is 38.8 Å². The van der Waals surface area contributed by atoms with Crippen LogP contribution in [0.5, 0.6) is 11.5 Å². The fourth-order valence-corrected chi connectivity index (χ4v) is 12.8. The van der Waals surface area contributed by atoms with E-state index in [1.165, 1.54) is 42.1 Å². The predicted octanol–water partition coefficient (Wildman–Crippen LogP) is 4.54. The molecule has 6 heterocycles. The summed E-state index contributed by atoms with van der Waals surface area (Å²) in [6, 6.07) is 9.79. The largest absolute Gasteiger partial charge is 0.458 e. The van der Waals surface area contributed by atoms with Gasteiger partial charge in [0.1, 0.15) is 25.3 Å². The van der Waals surface area contributed by atoms with Crippen LogP contribution in [0.25, 0.3) is 22.3 Å². The molecule has 3 unspecified atom stereocenters. The molecule has 9 rings (SSSR count). The first-order chi connectivity index (χ1) is 39.6. The fraction of sp³-hybridized carbons (Fsp3) is 0.534. The Bertz CT molecular complexity index is 3130.